The zero-order valence-electron chi connectivity index (χ0n) is 13.3. The van der Waals surface area contributed by atoms with E-state index in [2.05, 4.69) is 27.0 Å². The molecule has 5 nitrogen and oxygen atoms in total. The van der Waals surface area contributed by atoms with Gasteiger partial charge in [-0.3, -0.25) is 4.79 Å². The van der Waals surface area contributed by atoms with Crippen molar-refractivity contribution in [2.45, 2.75) is 25.8 Å². The first-order valence-corrected chi connectivity index (χ1v) is 8.90. The second kappa shape index (κ2) is 6.20. The van der Waals surface area contributed by atoms with Gasteiger partial charge in [-0.1, -0.05) is 5.16 Å². The predicted octanol–water partition coefficient (Wildman–Crippen LogP) is 4.08. The molecule has 2 aromatic heterocycles. The van der Waals surface area contributed by atoms with Gasteiger partial charge in [-0.15, -0.1) is 0 Å². The molecular weight excluding hydrogens is 322 g/mol. The average Bonchev–Trinajstić information content (AvgIpc) is 3.35. The number of thiophene rings is 1. The number of hydrogen-bond donors (Lipinski definition) is 0. The van der Waals surface area contributed by atoms with Gasteiger partial charge in [-0.25, -0.2) is 0 Å². The van der Waals surface area contributed by atoms with Gasteiger partial charge in [0.05, 0.1) is 6.04 Å². The van der Waals surface area contributed by atoms with E-state index in [9.17, 15) is 4.79 Å². The standard InChI is InChI=1S/C18H17N3O2S/c1-12-19-17(23-20-12)13-4-6-14(7-5-13)18(22)21-9-2-3-16(21)15-8-10-24-11-15/h4-8,10-11,16H,2-3,9H2,1H3. The van der Waals surface area contributed by atoms with Crippen LogP contribution in [0.2, 0.25) is 0 Å². The van der Waals surface area contributed by atoms with Crippen molar-refractivity contribution in [2.24, 2.45) is 0 Å². The number of amides is 1. The third-order valence-electron chi connectivity index (χ3n) is 4.35. The largest absolute Gasteiger partial charge is 0.334 e. The molecule has 1 unspecified atom stereocenters. The Morgan fingerprint density at radius 1 is 1.29 bits per heavy atom. The van der Waals surface area contributed by atoms with Gasteiger partial charge in [-0.2, -0.15) is 16.3 Å². The topological polar surface area (TPSA) is 59.2 Å². The SMILES string of the molecule is Cc1noc(-c2ccc(C(=O)N3CCCC3c3ccsc3)cc2)n1. The molecule has 3 heterocycles. The summed E-state index contributed by atoms with van der Waals surface area (Å²) in [6, 6.07) is 9.69. The molecule has 122 valence electrons. The summed E-state index contributed by atoms with van der Waals surface area (Å²) in [5.74, 6) is 1.15. The normalized spacial score (nSPS) is 17.4. The van der Waals surface area contributed by atoms with Crippen LogP contribution in [0.4, 0.5) is 0 Å². The molecule has 0 aliphatic carbocycles. The minimum Gasteiger partial charge on any atom is -0.334 e. The van der Waals surface area contributed by atoms with E-state index in [-0.39, 0.29) is 11.9 Å². The zero-order valence-corrected chi connectivity index (χ0v) is 14.1. The van der Waals surface area contributed by atoms with Gasteiger partial charge >= 0.3 is 0 Å². The molecule has 3 aromatic rings. The molecule has 0 radical (unpaired) electrons. The third kappa shape index (κ3) is 2.73. The highest BCUT2D eigenvalue weighted by atomic mass is 32.1. The Kier molecular flexibility index (Phi) is 3.90. The molecule has 1 amide bonds. The predicted molar refractivity (Wildman–Crippen MR) is 91.8 cm³/mol. The second-order valence-corrected chi connectivity index (χ2v) is 6.72. The molecule has 0 bridgehead atoms. The van der Waals surface area contributed by atoms with Crippen LogP contribution < -0.4 is 0 Å². The smallest absolute Gasteiger partial charge is 0.257 e. The molecule has 0 spiro atoms. The Bertz CT molecular complexity index is 840. The van der Waals surface area contributed by atoms with E-state index in [4.69, 9.17) is 4.52 Å². The molecule has 1 aromatic carbocycles. The van der Waals surface area contributed by atoms with Crippen LogP contribution >= 0.6 is 11.3 Å². The van der Waals surface area contributed by atoms with Crippen molar-refractivity contribution in [3.8, 4) is 11.5 Å². The van der Waals surface area contributed by atoms with Crippen molar-refractivity contribution in [2.75, 3.05) is 6.54 Å². The van der Waals surface area contributed by atoms with E-state index in [0.717, 1.165) is 24.9 Å². The van der Waals surface area contributed by atoms with Gasteiger partial charge in [0.2, 0.25) is 0 Å². The minimum atomic E-state index is 0.0805. The lowest BCUT2D eigenvalue weighted by atomic mass is 10.1. The van der Waals surface area contributed by atoms with Crippen LogP contribution in [0.5, 0.6) is 0 Å². The van der Waals surface area contributed by atoms with E-state index in [1.165, 1.54) is 5.56 Å². The summed E-state index contributed by atoms with van der Waals surface area (Å²) >= 11 is 1.68. The molecule has 0 saturated carbocycles. The number of rotatable bonds is 3. The summed E-state index contributed by atoms with van der Waals surface area (Å²) in [4.78, 5) is 19.1. The van der Waals surface area contributed by atoms with Crippen LogP contribution in [0.3, 0.4) is 0 Å². The summed E-state index contributed by atoms with van der Waals surface area (Å²) < 4.78 is 5.16. The Labute approximate surface area is 143 Å². The molecular formula is C18H17N3O2S. The summed E-state index contributed by atoms with van der Waals surface area (Å²) in [6.07, 6.45) is 2.08. The molecule has 4 rings (SSSR count). The van der Waals surface area contributed by atoms with Crippen LogP contribution in [0.25, 0.3) is 11.5 Å². The van der Waals surface area contributed by atoms with Gasteiger partial charge in [0.15, 0.2) is 5.82 Å². The third-order valence-corrected chi connectivity index (χ3v) is 5.05. The molecule has 24 heavy (non-hydrogen) atoms. The molecule has 1 aliphatic heterocycles. The fourth-order valence-corrected chi connectivity index (χ4v) is 3.86. The number of aryl methyl sites for hydroxylation is 1. The molecule has 1 atom stereocenters. The van der Waals surface area contributed by atoms with Crippen LogP contribution in [-0.4, -0.2) is 27.5 Å². The summed E-state index contributed by atoms with van der Waals surface area (Å²) in [6.45, 7) is 2.59. The van der Waals surface area contributed by atoms with Gasteiger partial charge < -0.3 is 9.42 Å². The van der Waals surface area contributed by atoms with E-state index in [0.29, 0.717) is 17.3 Å². The van der Waals surface area contributed by atoms with E-state index < -0.39 is 0 Å². The number of likely N-dealkylation sites (tertiary alicyclic amines) is 1. The molecule has 6 heteroatoms. The van der Waals surface area contributed by atoms with Crippen LogP contribution in [0.1, 0.15) is 40.6 Å². The van der Waals surface area contributed by atoms with Crippen molar-refractivity contribution in [3.05, 3.63) is 58.0 Å². The number of aromatic nitrogens is 2. The Morgan fingerprint density at radius 3 is 2.79 bits per heavy atom. The number of carbonyl (C=O) groups is 1. The first-order valence-electron chi connectivity index (χ1n) is 7.96. The van der Waals surface area contributed by atoms with Crippen molar-refractivity contribution < 1.29 is 9.32 Å². The van der Waals surface area contributed by atoms with Crippen molar-refractivity contribution in [1.82, 2.24) is 15.0 Å². The lowest BCUT2D eigenvalue weighted by Gasteiger charge is -2.24. The molecule has 0 N–H and O–H groups in total. The van der Waals surface area contributed by atoms with E-state index in [1.54, 1.807) is 18.3 Å². The minimum absolute atomic E-state index is 0.0805. The maximum Gasteiger partial charge on any atom is 0.257 e. The lowest BCUT2D eigenvalue weighted by Crippen LogP contribution is -2.30. The molecule has 1 saturated heterocycles. The van der Waals surface area contributed by atoms with E-state index in [1.807, 2.05) is 29.2 Å². The maximum atomic E-state index is 12.9. The number of carbonyl (C=O) groups excluding carboxylic acids is 1. The monoisotopic (exact) mass is 339 g/mol. The van der Waals surface area contributed by atoms with Crippen LogP contribution in [-0.2, 0) is 0 Å². The van der Waals surface area contributed by atoms with Crippen molar-refractivity contribution in [1.29, 1.82) is 0 Å². The highest BCUT2D eigenvalue weighted by Gasteiger charge is 2.30. The zero-order chi connectivity index (χ0) is 16.5. The first kappa shape index (κ1) is 15.1. The van der Waals surface area contributed by atoms with Crippen LogP contribution in [0, 0.1) is 6.92 Å². The molecule has 1 aliphatic rings. The fraction of sp³-hybridized carbons (Fsp3) is 0.278. The van der Waals surface area contributed by atoms with Gasteiger partial charge in [0.1, 0.15) is 0 Å². The van der Waals surface area contributed by atoms with Gasteiger partial charge in [0, 0.05) is 17.7 Å². The van der Waals surface area contributed by atoms with Gasteiger partial charge in [0.25, 0.3) is 11.8 Å². The molecule has 1 fully saturated rings. The van der Waals surface area contributed by atoms with Crippen molar-refractivity contribution in [3.63, 3.8) is 0 Å². The average molecular weight is 339 g/mol. The quantitative estimate of drug-likeness (QED) is 0.721. The summed E-state index contributed by atoms with van der Waals surface area (Å²) in [5.41, 5.74) is 2.75. The highest BCUT2D eigenvalue weighted by Crippen LogP contribution is 2.34. The Hall–Kier alpha value is -2.47. The number of nitrogens with zero attached hydrogens (tertiary/aromatic N) is 3. The Balaban J connectivity index is 1.56. The fourth-order valence-electron chi connectivity index (χ4n) is 3.16. The Morgan fingerprint density at radius 2 is 2.12 bits per heavy atom. The highest BCUT2D eigenvalue weighted by molar-refractivity contribution is 7.08. The van der Waals surface area contributed by atoms with Gasteiger partial charge in [-0.05, 0) is 66.4 Å². The van der Waals surface area contributed by atoms with Crippen molar-refractivity contribution >= 4 is 17.2 Å². The summed E-state index contributed by atoms with van der Waals surface area (Å²) in [5, 5.41) is 7.99. The van der Waals surface area contributed by atoms with Crippen LogP contribution in [0.15, 0.2) is 45.6 Å². The summed E-state index contributed by atoms with van der Waals surface area (Å²) in [7, 11) is 0. The van der Waals surface area contributed by atoms with E-state index >= 15 is 0 Å². The number of hydrogen-bond acceptors (Lipinski definition) is 5. The first-order chi connectivity index (χ1) is 11.7. The number of benzene rings is 1. The lowest BCUT2D eigenvalue weighted by molar-refractivity contribution is 0.0736. The maximum absolute atomic E-state index is 12.9. The second-order valence-electron chi connectivity index (χ2n) is 5.94.